The van der Waals surface area contributed by atoms with Crippen molar-refractivity contribution >= 4 is 39.5 Å². The number of hydrogen-bond donors (Lipinski definition) is 3. The zero-order valence-electron chi connectivity index (χ0n) is 57.0. The van der Waals surface area contributed by atoms with Crippen LogP contribution >= 0.6 is 15.6 Å². The molecule has 17 nitrogen and oxygen atoms in total. The van der Waals surface area contributed by atoms with Gasteiger partial charge in [0.05, 0.1) is 26.4 Å². The van der Waals surface area contributed by atoms with Crippen LogP contribution in [0.15, 0.2) is 0 Å². The van der Waals surface area contributed by atoms with Gasteiger partial charge in [-0.05, 0) is 37.5 Å². The SMILES string of the molecule is CCCCCCCCCCCCCCC(=O)O[C@H](COC(=O)CCCCCCC)COP(=O)(O)OC[C@H](O)COP(=O)(O)OC[C@@H](COC(=O)CCCCCCCCCCCCC(C)C)OC(=O)CCCCCCCCCCCCCCCCCC(C)C. The van der Waals surface area contributed by atoms with Crippen LogP contribution in [0.25, 0.3) is 0 Å². The van der Waals surface area contributed by atoms with Gasteiger partial charge in [0.2, 0.25) is 0 Å². The monoisotopic (exact) mass is 1300 g/mol. The molecular formula is C69H134O17P2. The van der Waals surface area contributed by atoms with E-state index in [0.717, 1.165) is 108 Å². The molecule has 0 aromatic carbocycles. The Morgan fingerprint density at radius 1 is 0.307 bits per heavy atom. The second kappa shape index (κ2) is 61.3. The van der Waals surface area contributed by atoms with E-state index in [1.165, 1.54) is 161 Å². The fraction of sp³-hybridized carbons (Fsp3) is 0.942. The number of ether oxygens (including phenoxy) is 4. The molecule has 0 aliphatic carbocycles. The van der Waals surface area contributed by atoms with Gasteiger partial charge in [-0.3, -0.25) is 37.3 Å². The number of rotatable bonds is 68. The summed E-state index contributed by atoms with van der Waals surface area (Å²) in [6.07, 6.45) is 46.1. The highest BCUT2D eigenvalue weighted by molar-refractivity contribution is 7.47. The molecule has 0 saturated heterocycles. The highest BCUT2D eigenvalue weighted by Gasteiger charge is 2.30. The minimum Gasteiger partial charge on any atom is -0.462 e. The third-order valence-corrected chi connectivity index (χ3v) is 17.9. The number of phosphoric ester groups is 2. The van der Waals surface area contributed by atoms with Gasteiger partial charge in [0, 0.05) is 25.7 Å². The smallest absolute Gasteiger partial charge is 0.462 e. The van der Waals surface area contributed by atoms with E-state index in [4.69, 9.17) is 37.0 Å². The normalized spacial score (nSPS) is 14.2. The number of phosphoric acid groups is 2. The Hall–Kier alpha value is -1.94. The Bertz CT molecular complexity index is 1720. The van der Waals surface area contributed by atoms with Crippen molar-refractivity contribution in [2.75, 3.05) is 39.6 Å². The van der Waals surface area contributed by atoms with Crippen molar-refractivity contribution in [1.82, 2.24) is 0 Å². The zero-order valence-corrected chi connectivity index (χ0v) is 58.8. The summed E-state index contributed by atoms with van der Waals surface area (Å²) >= 11 is 0. The van der Waals surface area contributed by atoms with Crippen LogP contribution in [-0.4, -0.2) is 96.7 Å². The quantitative estimate of drug-likeness (QED) is 0.0222. The van der Waals surface area contributed by atoms with Crippen LogP contribution in [0.3, 0.4) is 0 Å². The van der Waals surface area contributed by atoms with Crippen molar-refractivity contribution in [2.24, 2.45) is 11.8 Å². The van der Waals surface area contributed by atoms with E-state index in [1.54, 1.807) is 0 Å². The van der Waals surface area contributed by atoms with Gasteiger partial charge in [0.15, 0.2) is 12.2 Å². The van der Waals surface area contributed by atoms with E-state index in [2.05, 4.69) is 41.5 Å². The van der Waals surface area contributed by atoms with Gasteiger partial charge < -0.3 is 33.8 Å². The topological polar surface area (TPSA) is 237 Å². The largest absolute Gasteiger partial charge is 0.472 e. The first-order valence-corrected chi connectivity index (χ1v) is 39.0. The Labute approximate surface area is 537 Å². The van der Waals surface area contributed by atoms with E-state index < -0.39 is 97.5 Å². The molecule has 0 heterocycles. The molecule has 3 N–H and O–H groups in total. The van der Waals surface area contributed by atoms with Gasteiger partial charge in [-0.1, -0.05) is 298 Å². The first-order valence-electron chi connectivity index (χ1n) is 36.0. The molecule has 5 atom stereocenters. The van der Waals surface area contributed by atoms with Gasteiger partial charge in [-0.25, -0.2) is 9.13 Å². The Morgan fingerprint density at radius 3 is 0.773 bits per heavy atom. The first-order chi connectivity index (χ1) is 42.4. The molecule has 0 aliphatic heterocycles. The Kier molecular flexibility index (Phi) is 59.9. The summed E-state index contributed by atoms with van der Waals surface area (Å²) in [7, 11) is -9.89. The summed E-state index contributed by atoms with van der Waals surface area (Å²) < 4.78 is 68.0. The number of aliphatic hydroxyl groups excluding tert-OH is 1. The first kappa shape index (κ1) is 86.1. The lowest BCUT2D eigenvalue weighted by molar-refractivity contribution is -0.161. The minimum absolute atomic E-state index is 0.106. The highest BCUT2D eigenvalue weighted by Crippen LogP contribution is 2.45. The van der Waals surface area contributed by atoms with E-state index in [-0.39, 0.29) is 25.7 Å². The van der Waals surface area contributed by atoms with Crippen LogP contribution in [0.2, 0.25) is 0 Å². The molecule has 0 spiro atoms. The summed E-state index contributed by atoms with van der Waals surface area (Å²) in [5.74, 6) is -0.575. The van der Waals surface area contributed by atoms with E-state index in [0.29, 0.717) is 25.7 Å². The molecule has 2 unspecified atom stereocenters. The van der Waals surface area contributed by atoms with Gasteiger partial charge in [-0.2, -0.15) is 0 Å². The number of unbranched alkanes of at least 4 members (excludes halogenated alkanes) is 38. The van der Waals surface area contributed by atoms with Crippen LogP contribution in [0.1, 0.15) is 350 Å². The molecule has 0 saturated carbocycles. The van der Waals surface area contributed by atoms with Crippen LogP contribution in [-0.2, 0) is 65.4 Å². The van der Waals surface area contributed by atoms with E-state index in [1.807, 2.05) is 0 Å². The fourth-order valence-electron chi connectivity index (χ4n) is 10.4. The van der Waals surface area contributed by atoms with Gasteiger partial charge in [-0.15, -0.1) is 0 Å². The average Bonchev–Trinajstić information content (AvgIpc) is 3.65. The summed E-state index contributed by atoms with van der Waals surface area (Å²) in [5, 5.41) is 10.5. The van der Waals surface area contributed by atoms with Crippen molar-refractivity contribution in [2.45, 2.75) is 368 Å². The summed E-state index contributed by atoms with van der Waals surface area (Å²) in [4.78, 5) is 72.2. The lowest BCUT2D eigenvalue weighted by Crippen LogP contribution is -2.30. The number of aliphatic hydroxyl groups is 1. The highest BCUT2D eigenvalue weighted by atomic mass is 31.2. The van der Waals surface area contributed by atoms with Crippen molar-refractivity contribution in [3.05, 3.63) is 0 Å². The Balaban J connectivity index is 5.15. The third-order valence-electron chi connectivity index (χ3n) is 16.0. The van der Waals surface area contributed by atoms with Crippen LogP contribution in [0.5, 0.6) is 0 Å². The lowest BCUT2D eigenvalue weighted by Gasteiger charge is -2.21. The molecule has 0 radical (unpaired) electrons. The predicted molar refractivity (Wildman–Crippen MR) is 354 cm³/mol. The molecule has 0 aromatic heterocycles. The van der Waals surface area contributed by atoms with Gasteiger partial charge >= 0.3 is 39.5 Å². The average molecular weight is 1300 g/mol. The van der Waals surface area contributed by atoms with Crippen molar-refractivity contribution in [1.29, 1.82) is 0 Å². The predicted octanol–water partition coefficient (Wildman–Crippen LogP) is 19.6. The summed E-state index contributed by atoms with van der Waals surface area (Å²) in [6, 6.07) is 0. The maximum Gasteiger partial charge on any atom is 0.472 e. The molecule has 0 rings (SSSR count). The molecule has 522 valence electrons. The second-order valence-corrected chi connectivity index (χ2v) is 28.8. The van der Waals surface area contributed by atoms with Gasteiger partial charge in [0.1, 0.15) is 19.3 Å². The maximum atomic E-state index is 13.0. The molecule has 0 bridgehead atoms. The van der Waals surface area contributed by atoms with Crippen molar-refractivity contribution in [3.8, 4) is 0 Å². The zero-order chi connectivity index (χ0) is 65.0. The van der Waals surface area contributed by atoms with Crippen LogP contribution < -0.4 is 0 Å². The number of carbonyl (C=O) groups excluding carboxylic acids is 4. The summed E-state index contributed by atoms with van der Waals surface area (Å²) in [5.41, 5.74) is 0. The Morgan fingerprint density at radius 2 is 0.523 bits per heavy atom. The van der Waals surface area contributed by atoms with Gasteiger partial charge in [0.25, 0.3) is 0 Å². The summed E-state index contributed by atoms with van der Waals surface area (Å²) in [6.45, 7) is 9.48. The van der Waals surface area contributed by atoms with Crippen LogP contribution in [0, 0.1) is 11.8 Å². The minimum atomic E-state index is -4.95. The molecule has 19 heteroatoms. The molecule has 0 fully saturated rings. The number of esters is 4. The number of hydrogen-bond acceptors (Lipinski definition) is 15. The number of carbonyl (C=O) groups is 4. The van der Waals surface area contributed by atoms with E-state index >= 15 is 0 Å². The maximum absolute atomic E-state index is 13.0. The standard InChI is InChI=1S/C69H134O17P2/c1-7-9-11-13-14-15-16-23-30-35-41-47-53-68(73)85-64(57-79-66(71)51-45-37-12-10-8-2)59-83-87(75,76)81-55-63(70)56-82-88(77,78)84-60-65(58-80-67(72)52-46-40-34-29-26-25-28-33-39-44-50-62(5)6)86-69(74)54-48-42-36-31-24-21-19-17-18-20-22-27-32-38-43-49-61(3)4/h61-65,70H,7-60H2,1-6H3,(H,75,76)(H,77,78)/t63-,64+,65+/m0/s1. The lowest BCUT2D eigenvalue weighted by atomic mass is 10.0. The molecular weight excluding hydrogens is 1160 g/mol. The van der Waals surface area contributed by atoms with Crippen molar-refractivity contribution < 1.29 is 80.2 Å². The van der Waals surface area contributed by atoms with E-state index in [9.17, 15) is 43.2 Å². The molecule has 0 amide bonds. The molecule has 0 aliphatic rings. The van der Waals surface area contributed by atoms with Crippen LogP contribution in [0.4, 0.5) is 0 Å². The fourth-order valence-corrected chi connectivity index (χ4v) is 12.0. The second-order valence-electron chi connectivity index (χ2n) is 25.9. The third kappa shape index (κ3) is 62.8. The van der Waals surface area contributed by atoms with Crippen molar-refractivity contribution in [3.63, 3.8) is 0 Å². The molecule has 88 heavy (non-hydrogen) atoms. The molecule has 0 aromatic rings.